The van der Waals surface area contributed by atoms with Gasteiger partial charge in [0.1, 0.15) is 18.5 Å². The molecule has 0 atom stereocenters. The lowest BCUT2D eigenvalue weighted by atomic mass is 10.1. The van der Waals surface area contributed by atoms with E-state index in [-0.39, 0.29) is 11.4 Å². The molecule has 1 heterocycles. The molecule has 1 aromatic heterocycles. The number of nitrogens with two attached hydrogens (primary N) is 1. The quantitative estimate of drug-likeness (QED) is 0.883. The number of hydrogen-bond acceptors (Lipinski definition) is 5. The number of rotatable bonds is 6. The van der Waals surface area contributed by atoms with E-state index in [0.717, 1.165) is 5.56 Å². The Hall–Kier alpha value is -2.52. The Morgan fingerprint density at radius 2 is 2.09 bits per heavy atom. The van der Waals surface area contributed by atoms with Crippen LogP contribution in [0.3, 0.4) is 0 Å². The maximum atomic E-state index is 9.22. The van der Waals surface area contributed by atoms with Crippen molar-refractivity contribution >= 4 is 5.82 Å². The molecule has 6 nitrogen and oxygen atoms in total. The molecular formula is C16H20N4O2. The highest BCUT2D eigenvalue weighted by molar-refractivity contribution is 5.55. The summed E-state index contributed by atoms with van der Waals surface area (Å²) in [6.45, 7) is 5.40. The number of aryl methyl sites for hydroxylation is 2. The van der Waals surface area contributed by atoms with Crippen LogP contribution in [0.4, 0.5) is 5.82 Å². The van der Waals surface area contributed by atoms with Crippen molar-refractivity contribution in [1.29, 1.82) is 5.26 Å². The maximum absolute atomic E-state index is 9.22. The standard InChI is InChI=1S/C16H20N4O2/c1-11-4-5-13(8-12(11)2)10-22-16-14(9-17)15(18)20(19-16)6-7-21-3/h4-5,8H,6-7,10,18H2,1-3H3. The van der Waals surface area contributed by atoms with E-state index in [1.54, 1.807) is 7.11 Å². The molecule has 1 aromatic carbocycles. The topological polar surface area (TPSA) is 86.1 Å². The predicted molar refractivity (Wildman–Crippen MR) is 83.5 cm³/mol. The smallest absolute Gasteiger partial charge is 0.253 e. The third-order valence-electron chi connectivity index (χ3n) is 3.53. The number of ether oxygens (including phenoxy) is 2. The molecule has 0 aliphatic carbocycles. The summed E-state index contributed by atoms with van der Waals surface area (Å²) in [5.41, 5.74) is 9.63. The molecule has 0 amide bonds. The molecule has 0 fully saturated rings. The van der Waals surface area contributed by atoms with E-state index in [2.05, 4.69) is 25.0 Å². The van der Waals surface area contributed by atoms with Crippen LogP contribution in [0.1, 0.15) is 22.3 Å². The van der Waals surface area contributed by atoms with Gasteiger partial charge in [-0.15, -0.1) is 5.10 Å². The minimum Gasteiger partial charge on any atom is -0.471 e. The molecule has 2 rings (SSSR count). The fourth-order valence-electron chi connectivity index (χ4n) is 2.05. The first-order valence-corrected chi connectivity index (χ1v) is 7.01. The Bertz CT molecular complexity index is 701. The van der Waals surface area contributed by atoms with Crippen molar-refractivity contribution in [3.63, 3.8) is 0 Å². The van der Waals surface area contributed by atoms with Gasteiger partial charge in [0.25, 0.3) is 5.88 Å². The molecule has 2 aromatic rings. The molecule has 6 heteroatoms. The molecule has 0 radical (unpaired) electrons. The lowest BCUT2D eigenvalue weighted by molar-refractivity contribution is 0.183. The minimum absolute atomic E-state index is 0.259. The number of nitrogens with zero attached hydrogens (tertiary/aromatic N) is 3. The van der Waals surface area contributed by atoms with Gasteiger partial charge in [0.2, 0.25) is 0 Å². The van der Waals surface area contributed by atoms with Crippen molar-refractivity contribution in [3.05, 3.63) is 40.5 Å². The molecule has 0 unspecified atom stereocenters. The van der Waals surface area contributed by atoms with Crippen LogP contribution < -0.4 is 10.5 Å². The average molecular weight is 300 g/mol. The number of nitrogen functional groups attached to an aromatic ring is 1. The van der Waals surface area contributed by atoms with E-state index in [9.17, 15) is 5.26 Å². The molecule has 0 bridgehead atoms. The third-order valence-corrected chi connectivity index (χ3v) is 3.53. The molecule has 116 valence electrons. The summed E-state index contributed by atoms with van der Waals surface area (Å²) in [4.78, 5) is 0. The highest BCUT2D eigenvalue weighted by Crippen LogP contribution is 2.24. The van der Waals surface area contributed by atoms with Gasteiger partial charge in [-0.05, 0) is 30.5 Å². The number of hydrogen-bond donors (Lipinski definition) is 1. The van der Waals surface area contributed by atoms with Crippen molar-refractivity contribution in [2.75, 3.05) is 19.5 Å². The van der Waals surface area contributed by atoms with Crippen molar-refractivity contribution in [3.8, 4) is 11.9 Å². The first kappa shape index (κ1) is 15.9. The van der Waals surface area contributed by atoms with Crippen LogP contribution in [0.15, 0.2) is 18.2 Å². The molecule has 0 saturated carbocycles. The van der Waals surface area contributed by atoms with E-state index in [1.165, 1.54) is 15.8 Å². The molecule has 0 saturated heterocycles. The van der Waals surface area contributed by atoms with Crippen LogP contribution in [-0.4, -0.2) is 23.5 Å². The summed E-state index contributed by atoms with van der Waals surface area (Å²) in [7, 11) is 1.60. The Balaban J connectivity index is 2.15. The van der Waals surface area contributed by atoms with Crippen LogP contribution in [0.5, 0.6) is 5.88 Å². The van der Waals surface area contributed by atoms with Gasteiger partial charge in [-0.1, -0.05) is 18.2 Å². The first-order chi connectivity index (χ1) is 10.6. The normalized spacial score (nSPS) is 10.5. The fourth-order valence-corrected chi connectivity index (χ4v) is 2.05. The van der Waals surface area contributed by atoms with Crippen LogP contribution in [0.2, 0.25) is 0 Å². The second kappa shape index (κ2) is 6.96. The second-order valence-electron chi connectivity index (χ2n) is 5.10. The van der Waals surface area contributed by atoms with Gasteiger partial charge < -0.3 is 15.2 Å². The molecule has 2 N–H and O–H groups in total. The van der Waals surface area contributed by atoms with E-state index >= 15 is 0 Å². The molecule has 22 heavy (non-hydrogen) atoms. The van der Waals surface area contributed by atoms with Crippen LogP contribution >= 0.6 is 0 Å². The SMILES string of the molecule is COCCn1nc(OCc2ccc(C)c(C)c2)c(C#N)c1N. The zero-order valence-electron chi connectivity index (χ0n) is 13.1. The summed E-state index contributed by atoms with van der Waals surface area (Å²) in [6, 6.07) is 8.15. The molecule has 0 aliphatic heterocycles. The Morgan fingerprint density at radius 3 is 2.73 bits per heavy atom. The van der Waals surface area contributed by atoms with Gasteiger partial charge in [0.15, 0.2) is 5.56 Å². The third kappa shape index (κ3) is 3.38. The molecular weight excluding hydrogens is 280 g/mol. The van der Waals surface area contributed by atoms with Crippen molar-refractivity contribution in [2.45, 2.75) is 27.0 Å². The summed E-state index contributed by atoms with van der Waals surface area (Å²) in [5, 5.41) is 13.5. The van der Waals surface area contributed by atoms with Crippen molar-refractivity contribution < 1.29 is 9.47 Å². The first-order valence-electron chi connectivity index (χ1n) is 7.01. The van der Waals surface area contributed by atoms with Gasteiger partial charge in [0.05, 0.1) is 13.2 Å². The lowest BCUT2D eigenvalue weighted by Crippen LogP contribution is -2.09. The largest absolute Gasteiger partial charge is 0.471 e. The van der Waals surface area contributed by atoms with E-state index in [1.807, 2.05) is 18.2 Å². The van der Waals surface area contributed by atoms with E-state index < -0.39 is 0 Å². The average Bonchev–Trinajstić information content (AvgIpc) is 2.81. The van der Waals surface area contributed by atoms with Crippen molar-refractivity contribution in [2.24, 2.45) is 0 Å². The van der Waals surface area contributed by atoms with Crippen LogP contribution in [-0.2, 0) is 17.9 Å². The van der Waals surface area contributed by atoms with Crippen molar-refractivity contribution in [1.82, 2.24) is 9.78 Å². The monoisotopic (exact) mass is 300 g/mol. The summed E-state index contributed by atoms with van der Waals surface area (Å²) in [6.07, 6.45) is 0. The molecule has 0 aliphatic rings. The number of nitriles is 1. The van der Waals surface area contributed by atoms with E-state index in [0.29, 0.717) is 25.6 Å². The number of methoxy groups -OCH3 is 1. The number of benzene rings is 1. The van der Waals surface area contributed by atoms with Gasteiger partial charge in [-0.3, -0.25) is 0 Å². The second-order valence-corrected chi connectivity index (χ2v) is 5.10. The van der Waals surface area contributed by atoms with Gasteiger partial charge in [-0.2, -0.15) is 5.26 Å². The van der Waals surface area contributed by atoms with Crippen LogP contribution in [0.25, 0.3) is 0 Å². The summed E-state index contributed by atoms with van der Waals surface area (Å²) in [5.74, 6) is 0.559. The number of aromatic nitrogens is 2. The Morgan fingerprint density at radius 1 is 1.32 bits per heavy atom. The van der Waals surface area contributed by atoms with Crippen LogP contribution in [0, 0.1) is 25.2 Å². The Kier molecular flexibility index (Phi) is 5.02. The fraction of sp³-hybridized carbons (Fsp3) is 0.375. The van der Waals surface area contributed by atoms with E-state index in [4.69, 9.17) is 15.2 Å². The lowest BCUT2D eigenvalue weighted by Gasteiger charge is -2.06. The van der Waals surface area contributed by atoms with Gasteiger partial charge >= 0.3 is 0 Å². The maximum Gasteiger partial charge on any atom is 0.253 e. The minimum atomic E-state index is 0.259. The number of anilines is 1. The summed E-state index contributed by atoms with van der Waals surface area (Å²) >= 11 is 0. The highest BCUT2D eigenvalue weighted by Gasteiger charge is 2.16. The zero-order chi connectivity index (χ0) is 16.1. The van der Waals surface area contributed by atoms with Gasteiger partial charge in [-0.25, -0.2) is 4.68 Å². The molecule has 0 spiro atoms. The summed E-state index contributed by atoms with van der Waals surface area (Å²) < 4.78 is 12.2. The van der Waals surface area contributed by atoms with Gasteiger partial charge in [0, 0.05) is 7.11 Å². The highest BCUT2D eigenvalue weighted by atomic mass is 16.5. The Labute approximate surface area is 130 Å². The zero-order valence-corrected chi connectivity index (χ0v) is 13.1. The predicted octanol–water partition coefficient (Wildman–Crippen LogP) is 2.18.